The molecule has 0 N–H and O–H groups in total. The topological polar surface area (TPSA) is 17.1 Å². The zero-order chi connectivity index (χ0) is 12.5. The lowest BCUT2D eigenvalue weighted by atomic mass is 10.1. The summed E-state index contributed by atoms with van der Waals surface area (Å²) in [5.41, 5.74) is -0.0739. The standard InChI is InChI=1S/C13H11F3O/c14-13(15,16)11-6-1-9(2-7-11)3-8-12(17)10-4-5-10/h1-3,6-8,10H,4-5H2. The van der Waals surface area contributed by atoms with E-state index in [1.807, 2.05) is 0 Å². The van der Waals surface area contributed by atoms with E-state index in [2.05, 4.69) is 0 Å². The number of ketones is 1. The van der Waals surface area contributed by atoms with Gasteiger partial charge in [0.2, 0.25) is 0 Å². The van der Waals surface area contributed by atoms with Gasteiger partial charge >= 0.3 is 6.18 Å². The first-order valence-corrected chi connectivity index (χ1v) is 5.36. The smallest absolute Gasteiger partial charge is 0.295 e. The molecule has 90 valence electrons. The summed E-state index contributed by atoms with van der Waals surface area (Å²) < 4.78 is 36.8. The molecule has 1 nitrogen and oxygen atoms in total. The Morgan fingerprint density at radius 3 is 2.24 bits per heavy atom. The van der Waals surface area contributed by atoms with Crippen LogP contribution < -0.4 is 0 Å². The molecule has 1 saturated carbocycles. The fourth-order valence-corrected chi connectivity index (χ4v) is 1.47. The minimum atomic E-state index is -4.31. The number of rotatable bonds is 3. The Labute approximate surface area is 96.9 Å². The van der Waals surface area contributed by atoms with E-state index in [1.165, 1.54) is 18.2 Å². The van der Waals surface area contributed by atoms with Crippen LogP contribution in [0.1, 0.15) is 24.0 Å². The highest BCUT2D eigenvalue weighted by Gasteiger charge is 2.30. The van der Waals surface area contributed by atoms with E-state index in [-0.39, 0.29) is 11.7 Å². The number of halogens is 3. The summed E-state index contributed by atoms with van der Waals surface area (Å²) in [5, 5.41) is 0. The second-order valence-electron chi connectivity index (χ2n) is 4.13. The first-order valence-electron chi connectivity index (χ1n) is 5.36. The van der Waals surface area contributed by atoms with Gasteiger partial charge in [-0.3, -0.25) is 4.79 Å². The molecule has 0 saturated heterocycles. The Kier molecular flexibility index (Phi) is 3.05. The number of benzene rings is 1. The molecule has 0 atom stereocenters. The van der Waals surface area contributed by atoms with E-state index in [0.717, 1.165) is 25.0 Å². The SMILES string of the molecule is O=C(C=Cc1ccc(C(F)(F)F)cc1)C1CC1. The largest absolute Gasteiger partial charge is 0.416 e. The number of carbonyl (C=O) groups is 1. The Bertz CT molecular complexity index is 439. The van der Waals surface area contributed by atoms with Gasteiger partial charge in [-0.2, -0.15) is 13.2 Å². The van der Waals surface area contributed by atoms with Crippen LogP contribution >= 0.6 is 0 Å². The van der Waals surface area contributed by atoms with E-state index in [1.54, 1.807) is 6.08 Å². The summed E-state index contributed by atoms with van der Waals surface area (Å²) in [7, 11) is 0. The van der Waals surface area contributed by atoms with Gasteiger partial charge in [0.1, 0.15) is 0 Å². The minimum Gasteiger partial charge on any atom is -0.295 e. The molecule has 0 aromatic heterocycles. The quantitative estimate of drug-likeness (QED) is 0.736. The van der Waals surface area contributed by atoms with E-state index >= 15 is 0 Å². The maximum atomic E-state index is 12.3. The molecule has 0 unspecified atom stereocenters. The van der Waals surface area contributed by atoms with Crippen LogP contribution in [0.15, 0.2) is 30.3 Å². The molecule has 1 aromatic rings. The van der Waals surface area contributed by atoms with Crippen molar-refractivity contribution in [3.05, 3.63) is 41.5 Å². The van der Waals surface area contributed by atoms with E-state index in [4.69, 9.17) is 0 Å². The molecule has 2 rings (SSSR count). The number of hydrogen-bond donors (Lipinski definition) is 0. The average molecular weight is 240 g/mol. The Hall–Kier alpha value is -1.58. The maximum absolute atomic E-state index is 12.3. The minimum absolute atomic E-state index is 0.0601. The van der Waals surface area contributed by atoms with Gasteiger partial charge < -0.3 is 0 Å². The van der Waals surface area contributed by atoms with E-state index in [0.29, 0.717) is 5.56 Å². The molecule has 4 heteroatoms. The molecule has 0 heterocycles. The van der Waals surface area contributed by atoms with Gasteiger partial charge in [0.15, 0.2) is 5.78 Å². The molecule has 0 radical (unpaired) electrons. The number of allylic oxidation sites excluding steroid dienone is 1. The molecule has 1 aromatic carbocycles. The van der Waals surface area contributed by atoms with Crippen molar-refractivity contribution >= 4 is 11.9 Å². The highest BCUT2D eigenvalue weighted by Crippen LogP contribution is 2.31. The van der Waals surface area contributed by atoms with E-state index < -0.39 is 11.7 Å². The molecular formula is C13H11F3O. The number of alkyl halides is 3. The zero-order valence-electron chi connectivity index (χ0n) is 9.00. The van der Waals surface area contributed by atoms with Gasteiger partial charge in [-0.1, -0.05) is 18.2 Å². The molecule has 0 spiro atoms. The molecule has 17 heavy (non-hydrogen) atoms. The van der Waals surface area contributed by atoms with Gasteiger partial charge in [-0.15, -0.1) is 0 Å². The van der Waals surface area contributed by atoms with Crippen molar-refractivity contribution in [1.29, 1.82) is 0 Å². The van der Waals surface area contributed by atoms with Crippen LogP contribution in [-0.2, 0) is 11.0 Å². The summed E-state index contributed by atoms with van der Waals surface area (Å²) in [4.78, 5) is 11.3. The highest BCUT2D eigenvalue weighted by atomic mass is 19.4. The lowest BCUT2D eigenvalue weighted by molar-refractivity contribution is -0.137. The van der Waals surface area contributed by atoms with Crippen LogP contribution in [-0.4, -0.2) is 5.78 Å². The predicted molar refractivity (Wildman–Crippen MR) is 58.2 cm³/mol. The summed E-state index contributed by atoms with van der Waals surface area (Å²) >= 11 is 0. The van der Waals surface area contributed by atoms with Crippen molar-refractivity contribution in [3.63, 3.8) is 0 Å². The van der Waals surface area contributed by atoms with Crippen molar-refractivity contribution in [2.45, 2.75) is 19.0 Å². The Balaban J connectivity index is 2.05. The average Bonchev–Trinajstić information content (AvgIpc) is 3.09. The third-order valence-electron chi connectivity index (χ3n) is 2.66. The lowest BCUT2D eigenvalue weighted by Crippen LogP contribution is -2.04. The molecular weight excluding hydrogens is 229 g/mol. The van der Waals surface area contributed by atoms with Crippen LogP contribution in [0.2, 0.25) is 0 Å². The third-order valence-corrected chi connectivity index (χ3v) is 2.66. The van der Waals surface area contributed by atoms with Crippen LogP contribution in [0.3, 0.4) is 0 Å². The van der Waals surface area contributed by atoms with Gasteiger partial charge in [0.25, 0.3) is 0 Å². The summed E-state index contributed by atoms with van der Waals surface area (Å²) in [6, 6.07) is 4.75. The highest BCUT2D eigenvalue weighted by molar-refractivity contribution is 5.96. The summed E-state index contributed by atoms with van der Waals surface area (Å²) in [5.74, 6) is 0.200. The zero-order valence-corrected chi connectivity index (χ0v) is 9.00. The van der Waals surface area contributed by atoms with Gasteiger partial charge in [0.05, 0.1) is 5.56 Å². The van der Waals surface area contributed by atoms with Crippen LogP contribution in [0.5, 0.6) is 0 Å². The normalized spacial score (nSPS) is 16.4. The fourth-order valence-electron chi connectivity index (χ4n) is 1.47. The van der Waals surface area contributed by atoms with E-state index in [9.17, 15) is 18.0 Å². The third kappa shape index (κ3) is 3.19. The van der Waals surface area contributed by atoms with Crippen molar-refractivity contribution in [2.75, 3.05) is 0 Å². The molecule has 1 aliphatic carbocycles. The van der Waals surface area contributed by atoms with Crippen LogP contribution in [0.25, 0.3) is 6.08 Å². The monoisotopic (exact) mass is 240 g/mol. The number of hydrogen-bond acceptors (Lipinski definition) is 1. The second kappa shape index (κ2) is 4.35. The Morgan fingerprint density at radius 1 is 1.18 bits per heavy atom. The molecule has 0 bridgehead atoms. The molecule has 0 aliphatic heterocycles. The molecule has 1 fully saturated rings. The molecule has 0 amide bonds. The van der Waals surface area contributed by atoms with Gasteiger partial charge in [0, 0.05) is 5.92 Å². The first kappa shape index (κ1) is 11.9. The van der Waals surface area contributed by atoms with Gasteiger partial charge in [-0.25, -0.2) is 0 Å². The Morgan fingerprint density at radius 2 is 1.76 bits per heavy atom. The lowest BCUT2D eigenvalue weighted by Gasteiger charge is -2.05. The number of carbonyl (C=O) groups excluding carboxylic acids is 1. The second-order valence-corrected chi connectivity index (χ2v) is 4.13. The van der Waals surface area contributed by atoms with Crippen LogP contribution in [0, 0.1) is 5.92 Å². The van der Waals surface area contributed by atoms with Gasteiger partial charge in [-0.05, 0) is 36.6 Å². The first-order chi connectivity index (χ1) is 7.97. The fraction of sp³-hybridized carbons (Fsp3) is 0.308. The van der Waals surface area contributed by atoms with Crippen molar-refractivity contribution in [1.82, 2.24) is 0 Å². The summed E-state index contributed by atoms with van der Waals surface area (Å²) in [6.45, 7) is 0. The summed E-state index contributed by atoms with van der Waals surface area (Å²) in [6.07, 6.45) is 0.541. The van der Waals surface area contributed by atoms with Crippen molar-refractivity contribution in [3.8, 4) is 0 Å². The van der Waals surface area contributed by atoms with Crippen molar-refractivity contribution in [2.24, 2.45) is 5.92 Å². The van der Waals surface area contributed by atoms with Crippen molar-refractivity contribution < 1.29 is 18.0 Å². The maximum Gasteiger partial charge on any atom is 0.416 e. The molecule has 1 aliphatic rings. The van der Waals surface area contributed by atoms with Crippen LogP contribution in [0.4, 0.5) is 13.2 Å². The predicted octanol–water partition coefficient (Wildman–Crippen LogP) is 3.70.